The summed E-state index contributed by atoms with van der Waals surface area (Å²) in [7, 11) is 0. The van der Waals surface area contributed by atoms with Crippen LogP contribution in [0.4, 0.5) is 0 Å². The van der Waals surface area contributed by atoms with Crippen molar-refractivity contribution in [3.63, 3.8) is 0 Å². The maximum atomic E-state index is 3.61. The number of para-hydroxylation sites is 2. The molecule has 0 radical (unpaired) electrons. The van der Waals surface area contributed by atoms with Crippen molar-refractivity contribution in [2.24, 2.45) is 0 Å². The van der Waals surface area contributed by atoms with E-state index < -0.39 is 0 Å². The Balaban J connectivity index is 1.86. The highest BCUT2D eigenvalue weighted by molar-refractivity contribution is 5.92. The highest BCUT2D eigenvalue weighted by Crippen LogP contribution is 2.45. The fourth-order valence-corrected chi connectivity index (χ4v) is 5.08. The molecule has 0 aliphatic carbocycles. The third-order valence-electron chi connectivity index (χ3n) is 6.79. The second-order valence-corrected chi connectivity index (χ2v) is 8.28. The number of aryl methyl sites for hydroxylation is 2. The van der Waals surface area contributed by atoms with Crippen LogP contribution in [0.5, 0.6) is 0 Å². The zero-order chi connectivity index (χ0) is 20.7. The molecule has 2 heteroatoms. The molecule has 5 rings (SSSR count). The predicted octanol–water partition coefficient (Wildman–Crippen LogP) is 7.13. The van der Waals surface area contributed by atoms with Crippen LogP contribution >= 0.6 is 0 Å². The van der Waals surface area contributed by atoms with Gasteiger partial charge in [0.15, 0.2) is 0 Å². The number of aromatic amines is 2. The minimum Gasteiger partial charge on any atom is -0.361 e. The minimum absolute atomic E-state index is 0.281. The molecule has 0 saturated heterocycles. The lowest BCUT2D eigenvalue weighted by Crippen LogP contribution is -2.24. The molecule has 0 amide bonds. The van der Waals surface area contributed by atoms with E-state index in [2.05, 4.69) is 110 Å². The standard InChI is InChI=1S/C28H28N2/c1-4-19-11-9-15-22-24(17-29-26(19)22)28(3,21-13-7-6-8-14-21)25-18-30-27-20(5-2)12-10-16-23(25)27/h6-18,29-30H,4-5H2,1-3H3. The average molecular weight is 393 g/mol. The monoisotopic (exact) mass is 392 g/mol. The molecule has 2 nitrogen and oxygen atoms in total. The molecular formula is C28H28N2. The van der Waals surface area contributed by atoms with Crippen LogP contribution in [0.15, 0.2) is 79.1 Å². The van der Waals surface area contributed by atoms with Gasteiger partial charge >= 0.3 is 0 Å². The van der Waals surface area contributed by atoms with Crippen molar-refractivity contribution in [1.29, 1.82) is 0 Å². The second kappa shape index (κ2) is 7.21. The van der Waals surface area contributed by atoms with Crippen molar-refractivity contribution < 1.29 is 0 Å². The zero-order valence-corrected chi connectivity index (χ0v) is 17.9. The highest BCUT2D eigenvalue weighted by atomic mass is 14.7. The number of H-pyrrole nitrogens is 2. The Hall–Kier alpha value is -3.26. The van der Waals surface area contributed by atoms with Gasteiger partial charge in [0.2, 0.25) is 0 Å². The van der Waals surface area contributed by atoms with E-state index in [1.807, 2.05) is 0 Å². The van der Waals surface area contributed by atoms with Crippen LogP contribution in [-0.4, -0.2) is 9.97 Å². The van der Waals surface area contributed by atoms with Crippen molar-refractivity contribution in [1.82, 2.24) is 9.97 Å². The number of fused-ring (bicyclic) bond motifs is 2. The summed E-state index contributed by atoms with van der Waals surface area (Å²) >= 11 is 0. The van der Waals surface area contributed by atoms with Crippen molar-refractivity contribution in [2.75, 3.05) is 0 Å². The second-order valence-electron chi connectivity index (χ2n) is 8.28. The van der Waals surface area contributed by atoms with E-state index in [0.717, 1.165) is 12.8 Å². The summed E-state index contributed by atoms with van der Waals surface area (Å²) in [6.07, 6.45) is 6.48. The molecule has 30 heavy (non-hydrogen) atoms. The Kier molecular flexibility index (Phi) is 4.51. The number of aromatic nitrogens is 2. The van der Waals surface area contributed by atoms with E-state index in [9.17, 15) is 0 Å². The fourth-order valence-electron chi connectivity index (χ4n) is 5.08. The van der Waals surface area contributed by atoms with Gasteiger partial charge in [0.1, 0.15) is 0 Å². The summed E-state index contributed by atoms with van der Waals surface area (Å²) in [4.78, 5) is 7.21. The molecule has 0 atom stereocenters. The molecular weight excluding hydrogens is 364 g/mol. The Morgan fingerprint density at radius 3 is 1.60 bits per heavy atom. The first-order valence-electron chi connectivity index (χ1n) is 10.9. The van der Waals surface area contributed by atoms with E-state index in [1.54, 1.807) is 0 Å². The normalized spacial score (nSPS) is 12.1. The molecule has 2 N–H and O–H groups in total. The maximum Gasteiger partial charge on any atom is 0.0489 e. The van der Waals surface area contributed by atoms with Gasteiger partial charge in [0.25, 0.3) is 0 Å². The first-order valence-corrected chi connectivity index (χ1v) is 10.9. The van der Waals surface area contributed by atoms with E-state index in [1.165, 1.54) is 49.6 Å². The van der Waals surface area contributed by atoms with Gasteiger partial charge in [0, 0.05) is 39.6 Å². The van der Waals surface area contributed by atoms with Gasteiger partial charge < -0.3 is 9.97 Å². The Morgan fingerprint density at radius 1 is 0.633 bits per heavy atom. The molecule has 0 bridgehead atoms. The topological polar surface area (TPSA) is 31.6 Å². The number of hydrogen-bond acceptors (Lipinski definition) is 0. The van der Waals surface area contributed by atoms with Crippen LogP contribution in [0, 0.1) is 0 Å². The van der Waals surface area contributed by atoms with Gasteiger partial charge in [-0.15, -0.1) is 0 Å². The zero-order valence-electron chi connectivity index (χ0n) is 17.9. The van der Waals surface area contributed by atoms with Crippen LogP contribution in [0.1, 0.15) is 48.6 Å². The minimum atomic E-state index is -0.281. The lowest BCUT2D eigenvalue weighted by Gasteiger charge is -2.31. The van der Waals surface area contributed by atoms with Crippen molar-refractivity contribution >= 4 is 21.8 Å². The third kappa shape index (κ3) is 2.64. The van der Waals surface area contributed by atoms with E-state index in [-0.39, 0.29) is 5.41 Å². The molecule has 0 aliphatic heterocycles. The molecule has 2 aromatic heterocycles. The summed E-state index contributed by atoms with van der Waals surface area (Å²) in [6.45, 7) is 6.81. The van der Waals surface area contributed by atoms with Crippen molar-refractivity contribution in [3.05, 3.63) is 107 Å². The van der Waals surface area contributed by atoms with Gasteiger partial charge in [-0.1, -0.05) is 80.6 Å². The molecule has 0 aliphatic rings. The summed E-state index contributed by atoms with van der Waals surface area (Å²) in [5.74, 6) is 0. The summed E-state index contributed by atoms with van der Waals surface area (Å²) in [5, 5.41) is 2.61. The Bertz CT molecular complexity index is 1240. The van der Waals surface area contributed by atoms with Crippen LogP contribution in [0.2, 0.25) is 0 Å². The molecule has 2 heterocycles. The lowest BCUT2D eigenvalue weighted by molar-refractivity contribution is 0.705. The number of benzene rings is 3. The molecule has 150 valence electrons. The Labute approximate surface area is 178 Å². The first-order chi connectivity index (χ1) is 14.7. The molecule has 0 unspecified atom stereocenters. The number of hydrogen-bond donors (Lipinski definition) is 2. The Morgan fingerprint density at radius 2 is 1.13 bits per heavy atom. The van der Waals surface area contributed by atoms with Gasteiger partial charge in [-0.25, -0.2) is 0 Å². The van der Waals surface area contributed by atoms with E-state index >= 15 is 0 Å². The molecule has 0 spiro atoms. The van der Waals surface area contributed by atoms with Crippen molar-refractivity contribution in [2.45, 2.75) is 39.0 Å². The summed E-state index contributed by atoms with van der Waals surface area (Å²) in [6, 6.07) is 24.2. The van der Waals surface area contributed by atoms with Gasteiger partial charge in [-0.05, 0) is 47.6 Å². The fraction of sp³-hybridized carbons (Fsp3) is 0.214. The number of nitrogens with one attached hydrogen (secondary N) is 2. The molecule has 0 saturated carbocycles. The van der Waals surface area contributed by atoms with Crippen LogP contribution in [0.25, 0.3) is 21.8 Å². The van der Waals surface area contributed by atoms with Gasteiger partial charge in [-0.3, -0.25) is 0 Å². The molecule has 3 aromatic carbocycles. The van der Waals surface area contributed by atoms with Crippen molar-refractivity contribution in [3.8, 4) is 0 Å². The molecule has 0 fully saturated rings. The largest absolute Gasteiger partial charge is 0.361 e. The predicted molar refractivity (Wildman–Crippen MR) is 127 cm³/mol. The van der Waals surface area contributed by atoms with Crippen LogP contribution in [-0.2, 0) is 18.3 Å². The van der Waals surface area contributed by atoms with Gasteiger partial charge in [0.05, 0.1) is 0 Å². The van der Waals surface area contributed by atoms with Crippen LogP contribution in [0.3, 0.4) is 0 Å². The highest BCUT2D eigenvalue weighted by Gasteiger charge is 2.35. The SMILES string of the molecule is CCc1cccc2c(C(C)(c3ccccc3)c3c[nH]c4c(CC)cccc34)c[nH]c12. The summed E-state index contributed by atoms with van der Waals surface area (Å²) < 4.78 is 0. The van der Waals surface area contributed by atoms with Gasteiger partial charge in [-0.2, -0.15) is 0 Å². The smallest absolute Gasteiger partial charge is 0.0489 e. The quantitative estimate of drug-likeness (QED) is 0.319. The summed E-state index contributed by atoms with van der Waals surface area (Å²) in [5.41, 5.74) is 8.90. The first kappa shape index (κ1) is 18.7. The van der Waals surface area contributed by atoms with E-state index in [4.69, 9.17) is 0 Å². The average Bonchev–Trinajstić information content (AvgIpc) is 3.44. The van der Waals surface area contributed by atoms with E-state index in [0.29, 0.717) is 0 Å². The number of rotatable bonds is 5. The third-order valence-corrected chi connectivity index (χ3v) is 6.79. The van der Waals surface area contributed by atoms with Crippen LogP contribution < -0.4 is 0 Å². The maximum absolute atomic E-state index is 3.61. The lowest BCUT2D eigenvalue weighted by atomic mass is 9.71. The molecule has 5 aromatic rings.